The largest absolute Gasteiger partial charge is 0.490 e. The number of carbonyl (C=O) groups excluding carboxylic acids is 1. The van der Waals surface area contributed by atoms with Crippen LogP contribution in [0.15, 0.2) is 24.3 Å². The molecular formula is C19H27NO5. The van der Waals surface area contributed by atoms with E-state index in [2.05, 4.69) is 5.32 Å². The summed E-state index contributed by atoms with van der Waals surface area (Å²) in [7, 11) is 0. The first kappa shape index (κ1) is 19.2. The first-order chi connectivity index (χ1) is 12.0. The molecule has 25 heavy (non-hydrogen) atoms. The van der Waals surface area contributed by atoms with Crippen molar-refractivity contribution in [2.45, 2.75) is 39.2 Å². The summed E-state index contributed by atoms with van der Waals surface area (Å²) < 4.78 is 11.2. The molecular weight excluding hydrogens is 322 g/mol. The molecule has 2 rings (SSSR count). The van der Waals surface area contributed by atoms with Crippen molar-refractivity contribution in [3.05, 3.63) is 29.8 Å². The molecule has 2 N–H and O–H groups in total. The molecule has 6 nitrogen and oxygen atoms in total. The number of hydrogen-bond donors (Lipinski definition) is 2. The lowest BCUT2D eigenvalue weighted by molar-refractivity contribution is -0.142. The van der Waals surface area contributed by atoms with E-state index < -0.39 is 11.9 Å². The maximum atomic E-state index is 12.2. The van der Waals surface area contributed by atoms with Gasteiger partial charge >= 0.3 is 5.97 Å². The first-order valence-corrected chi connectivity index (χ1v) is 8.81. The van der Waals surface area contributed by atoms with E-state index >= 15 is 0 Å². The zero-order valence-corrected chi connectivity index (χ0v) is 14.9. The molecule has 1 unspecified atom stereocenters. The number of ether oxygens (including phenoxy) is 2. The molecule has 138 valence electrons. The minimum absolute atomic E-state index is 0.132. The van der Waals surface area contributed by atoms with E-state index in [0.29, 0.717) is 25.2 Å². The maximum absolute atomic E-state index is 12.2. The first-order valence-electron chi connectivity index (χ1n) is 8.81. The Bertz CT molecular complexity index is 564. The van der Waals surface area contributed by atoms with E-state index in [4.69, 9.17) is 9.47 Å². The van der Waals surface area contributed by atoms with Gasteiger partial charge in [0.25, 0.3) is 5.91 Å². The van der Waals surface area contributed by atoms with Crippen molar-refractivity contribution < 1.29 is 24.2 Å². The molecule has 1 saturated heterocycles. The SMILES string of the molecule is CC(C)CC(CNC(=O)c1ccc(OC2CCOCC2)cc1)C(=O)O. The lowest BCUT2D eigenvalue weighted by atomic mass is 9.97. The zero-order valence-electron chi connectivity index (χ0n) is 14.9. The van der Waals surface area contributed by atoms with E-state index in [0.717, 1.165) is 18.6 Å². The van der Waals surface area contributed by atoms with Crippen LogP contribution in [-0.4, -0.2) is 42.8 Å². The third kappa shape index (κ3) is 6.38. The third-order valence-corrected chi connectivity index (χ3v) is 4.20. The van der Waals surface area contributed by atoms with Gasteiger partial charge in [0.2, 0.25) is 0 Å². The molecule has 1 fully saturated rings. The van der Waals surface area contributed by atoms with Crippen LogP contribution in [0.5, 0.6) is 5.75 Å². The topological polar surface area (TPSA) is 84.9 Å². The number of amides is 1. The average molecular weight is 349 g/mol. The molecule has 1 aliphatic heterocycles. The van der Waals surface area contributed by atoms with Gasteiger partial charge in [-0.15, -0.1) is 0 Å². The minimum atomic E-state index is -0.880. The predicted molar refractivity (Wildman–Crippen MR) is 93.8 cm³/mol. The summed E-state index contributed by atoms with van der Waals surface area (Å²) in [5.41, 5.74) is 0.494. The monoisotopic (exact) mass is 349 g/mol. The molecule has 1 atom stereocenters. The van der Waals surface area contributed by atoms with Crippen LogP contribution in [0.1, 0.15) is 43.5 Å². The van der Waals surface area contributed by atoms with Gasteiger partial charge in [0.05, 0.1) is 19.1 Å². The van der Waals surface area contributed by atoms with Gasteiger partial charge in [-0.25, -0.2) is 0 Å². The number of hydrogen-bond acceptors (Lipinski definition) is 4. The second-order valence-corrected chi connectivity index (χ2v) is 6.83. The third-order valence-electron chi connectivity index (χ3n) is 4.20. The van der Waals surface area contributed by atoms with Gasteiger partial charge in [0.1, 0.15) is 11.9 Å². The average Bonchev–Trinajstić information content (AvgIpc) is 2.59. The van der Waals surface area contributed by atoms with Crippen molar-refractivity contribution in [3.8, 4) is 5.75 Å². The van der Waals surface area contributed by atoms with Crippen molar-refractivity contribution >= 4 is 11.9 Å². The Morgan fingerprint density at radius 2 is 1.88 bits per heavy atom. The summed E-state index contributed by atoms with van der Waals surface area (Å²) in [6.07, 6.45) is 2.43. The van der Waals surface area contributed by atoms with Crippen LogP contribution in [-0.2, 0) is 9.53 Å². The van der Waals surface area contributed by atoms with Crippen LogP contribution in [0, 0.1) is 11.8 Å². The highest BCUT2D eigenvalue weighted by Crippen LogP contribution is 2.19. The number of nitrogens with one attached hydrogen (secondary N) is 1. The van der Waals surface area contributed by atoms with E-state index in [1.54, 1.807) is 24.3 Å². The van der Waals surface area contributed by atoms with Crippen LogP contribution >= 0.6 is 0 Å². The maximum Gasteiger partial charge on any atom is 0.308 e. The smallest absolute Gasteiger partial charge is 0.308 e. The van der Waals surface area contributed by atoms with E-state index in [9.17, 15) is 14.7 Å². The normalized spacial score (nSPS) is 16.4. The molecule has 1 heterocycles. The van der Waals surface area contributed by atoms with E-state index in [1.165, 1.54) is 0 Å². The van der Waals surface area contributed by atoms with Crippen molar-refractivity contribution in [2.75, 3.05) is 19.8 Å². The molecule has 0 radical (unpaired) electrons. The van der Waals surface area contributed by atoms with Gasteiger partial charge in [-0.1, -0.05) is 13.8 Å². The quantitative estimate of drug-likeness (QED) is 0.754. The standard InChI is InChI=1S/C19H27NO5/c1-13(2)11-15(19(22)23)12-20-18(21)14-3-5-16(6-4-14)25-17-7-9-24-10-8-17/h3-6,13,15,17H,7-12H2,1-2H3,(H,20,21)(H,22,23). The van der Waals surface area contributed by atoms with Crippen LogP contribution in [0.25, 0.3) is 0 Å². The minimum Gasteiger partial charge on any atom is -0.490 e. The summed E-state index contributed by atoms with van der Waals surface area (Å²) in [5, 5.41) is 11.9. The van der Waals surface area contributed by atoms with Crippen LogP contribution in [0.2, 0.25) is 0 Å². The van der Waals surface area contributed by atoms with Gasteiger partial charge in [0, 0.05) is 24.9 Å². The fourth-order valence-electron chi connectivity index (χ4n) is 2.83. The van der Waals surface area contributed by atoms with Crippen LogP contribution < -0.4 is 10.1 Å². The highest BCUT2D eigenvalue weighted by molar-refractivity contribution is 5.94. The fourth-order valence-corrected chi connectivity index (χ4v) is 2.83. The van der Waals surface area contributed by atoms with Gasteiger partial charge in [0.15, 0.2) is 0 Å². The Labute approximate surface area is 148 Å². The summed E-state index contributed by atoms with van der Waals surface area (Å²) >= 11 is 0. The number of aliphatic carboxylic acids is 1. The number of carboxylic acids is 1. The number of carboxylic acid groups (broad SMARTS) is 1. The molecule has 0 spiro atoms. The zero-order chi connectivity index (χ0) is 18.2. The summed E-state index contributed by atoms with van der Waals surface area (Å²) in [6, 6.07) is 6.94. The molecule has 6 heteroatoms. The Balaban J connectivity index is 1.85. The van der Waals surface area contributed by atoms with Crippen molar-refractivity contribution in [1.29, 1.82) is 0 Å². The second kappa shape index (κ2) is 9.42. The number of benzene rings is 1. The van der Waals surface area contributed by atoms with Crippen LogP contribution in [0.4, 0.5) is 0 Å². The Morgan fingerprint density at radius 1 is 1.24 bits per heavy atom. The second-order valence-electron chi connectivity index (χ2n) is 6.83. The van der Waals surface area contributed by atoms with Crippen molar-refractivity contribution in [1.82, 2.24) is 5.32 Å². The predicted octanol–water partition coefficient (Wildman–Crippen LogP) is 2.72. The highest BCUT2D eigenvalue weighted by atomic mass is 16.5. The molecule has 1 amide bonds. The number of carbonyl (C=O) groups is 2. The van der Waals surface area contributed by atoms with Gasteiger partial charge in [-0.2, -0.15) is 0 Å². The lowest BCUT2D eigenvalue weighted by Crippen LogP contribution is -2.33. The Hall–Kier alpha value is -2.08. The summed E-state index contributed by atoms with van der Waals surface area (Å²) in [4.78, 5) is 23.4. The van der Waals surface area contributed by atoms with E-state index in [1.807, 2.05) is 13.8 Å². The van der Waals surface area contributed by atoms with E-state index in [-0.39, 0.29) is 24.5 Å². The molecule has 1 aliphatic rings. The molecule has 1 aromatic rings. The lowest BCUT2D eigenvalue weighted by Gasteiger charge is -2.23. The van der Waals surface area contributed by atoms with Gasteiger partial charge in [-0.3, -0.25) is 9.59 Å². The Kier molecular flexibility index (Phi) is 7.25. The van der Waals surface area contributed by atoms with Crippen molar-refractivity contribution in [2.24, 2.45) is 11.8 Å². The summed E-state index contributed by atoms with van der Waals surface area (Å²) in [6.45, 7) is 5.50. The molecule has 0 aromatic heterocycles. The summed E-state index contributed by atoms with van der Waals surface area (Å²) in [5.74, 6) is -0.729. The molecule has 0 saturated carbocycles. The highest BCUT2D eigenvalue weighted by Gasteiger charge is 2.20. The van der Waals surface area contributed by atoms with Gasteiger partial charge < -0.3 is 19.9 Å². The molecule has 0 aliphatic carbocycles. The van der Waals surface area contributed by atoms with Crippen molar-refractivity contribution in [3.63, 3.8) is 0 Å². The van der Waals surface area contributed by atoms with Crippen LogP contribution in [0.3, 0.4) is 0 Å². The fraction of sp³-hybridized carbons (Fsp3) is 0.579. The number of rotatable bonds is 8. The molecule has 0 bridgehead atoms. The molecule has 1 aromatic carbocycles. The van der Waals surface area contributed by atoms with Gasteiger partial charge in [-0.05, 0) is 36.6 Å². The Morgan fingerprint density at radius 3 is 2.44 bits per heavy atom.